The number of hydrogen-bond donors (Lipinski definition) is 0. The van der Waals surface area contributed by atoms with Gasteiger partial charge in [0, 0.05) is 5.39 Å². The van der Waals surface area contributed by atoms with Crippen LogP contribution in [0.15, 0.2) is 34.8 Å². The first-order valence-corrected chi connectivity index (χ1v) is 6.55. The van der Waals surface area contributed by atoms with Crippen LogP contribution in [-0.2, 0) is 4.74 Å². The first-order chi connectivity index (χ1) is 9.19. The largest absolute Gasteiger partial charge is 0.460 e. The number of fused-ring (bicyclic) bond motifs is 1. The minimum absolute atomic E-state index is 0.257. The van der Waals surface area contributed by atoms with Gasteiger partial charge < -0.3 is 9.15 Å². The normalized spacial score (nSPS) is 11.8. The highest BCUT2D eigenvalue weighted by Crippen LogP contribution is 2.26. The lowest BCUT2D eigenvalue weighted by molar-refractivity contribution is 0.0492. The Kier molecular flexibility index (Phi) is 4.05. The van der Waals surface area contributed by atoms with E-state index in [0.29, 0.717) is 12.2 Å². The first-order valence-electron chi connectivity index (χ1n) is 6.55. The molecule has 1 heterocycles. The summed E-state index contributed by atoms with van der Waals surface area (Å²) in [5, 5.41) is 0.915. The van der Waals surface area contributed by atoms with E-state index in [1.165, 1.54) is 5.57 Å². The predicted molar refractivity (Wildman–Crippen MR) is 76.1 cm³/mol. The van der Waals surface area contributed by atoms with Gasteiger partial charge in [0.15, 0.2) is 0 Å². The Bertz CT molecular complexity index is 620. The molecule has 0 unspecified atom stereocenters. The zero-order chi connectivity index (χ0) is 13.8. The van der Waals surface area contributed by atoms with Gasteiger partial charge >= 0.3 is 5.97 Å². The molecule has 0 N–H and O–H groups in total. The zero-order valence-electron chi connectivity index (χ0n) is 11.5. The summed E-state index contributed by atoms with van der Waals surface area (Å²) in [6.07, 6.45) is 3.06. The minimum Gasteiger partial charge on any atom is -0.460 e. The van der Waals surface area contributed by atoms with Gasteiger partial charge in [0.1, 0.15) is 5.58 Å². The Morgan fingerprint density at radius 3 is 2.74 bits per heavy atom. The van der Waals surface area contributed by atoms with E-state index in [9.17, 15) is 4.79 Å². The average molecular weight is 258 g/mol. The molecule has 0 aliphatic heterocycles. The zero-order valence-corrected chi connectivity index (χ0v) is 11.5. The maximum absolute atomic E-state index is 11.6. The van der Waals surface area contributed by atoms with Crippen LogP contribution in [0.4, 0.5) is 0 Å². The van der Waals surface area contributed by atoms with Gasteiger partial charge in [0.25, 0.3) is 0 Å². The molecular formula is C16H18O3. The summed E-state index contributed by atoms with van der Waals surface area (Å²) in [4.78, 5) is 11.6. The number of furan rings is 1. The van der Waals surface area contributed by atoms with Crippen LogP contribution in [0.25, 0.3) is 16.5 Å². The molecule has 0 aliphatic rings. The van der Waals surface area contributed by atoms with E-state index in [0.717, 1.165) is 17.4 Å². The van der Waals surface area contributed by atoms with E-state index >= 15 is 0 Å². The molecule has 1 aromatic heterocycles. The highest BCUT2D eigenvalue weighted by molar-refractivity contribution is 5.93. The molecule has 19 heavy (non-hydrogen) atoms. The van der Waals surface area contributed by atoms with Crippen molar-refractivity contribution >= 4 is 22.5 Å². The third kappa shape index (κ3) is 2.70. The van der Waals surface area contributed by atoms with Gasteiger partial charge in [-0.1, -0.05) is 25.1 Å². The molecular weight excluding hydrogens is 240 g/mol. The Hall–Kier alpha value is -2.03. The summed E-state index contributed by atoms with van der Waals surface area (Å²) >= 11 is 0. The molecule has 0 fully saturated rings. The summed E-state index contributed by atoms with van der Waals surface area (Å²) < 4.78 is 10.5. The SMILES string of the molecule is C/C=C(\CC)c1ccc2cc(C(=O)OCC)oc2c1. The van der Waals surface area contributed by atoms with Crippen LogP contribution in [0.3, 0.4) is 0 Å². The molecule has 0 saturated carbocycles. The molecule has 1 aromatic carbocycles. The molecule has 0 bridgehead atoms. The van der Waals surface area contributed by atoms with Gasteiger partial charge in [-0.05, 0) is 43.5 Å². The Morgan fingerprint density at radius 2 is 2.11 bits per heavy atom. The molecule has 0 amide bonds. The standard InChI is InChI=1S/C16H18O3/c1-4-11(5-2)12-7-8-13-10-15(16(17)18-6-3)19-14(13)9-12/h4,7-10H,5-6H2,1-3H3/b11-4+. The topological polar surface area (TPSA) is 39.4 Å². The van der Waals surface area contributed by atoms with Gasteiger partial charge in [0.05, 0.1) is 6.61 Å². The number of benzene rings is 1. The fraction of sp³-hybridized carbons (Fsp3) is 0.312. The smallest absolute Gasteiger partial charge is 0.374 e. The second-order valence-corrected chi connectivity index (χ2v) is 4.25. The third-order valence-corrected chi connectivity index (χ3v) is 3.10. The number of rotatable bonds is 4. The lowest BCUT2D eigenvalue weighted by Crippen LogP contribution is -2.02. The van der Waals surface area contributed by atoms with E-state index in [-0.39, 0.29) is 5.76 Å². The third-order valence-electron chi connectivity index (χ3n) is 3.10. The molecule has 0 aliphatic carbocycles. The van der Waals surface area contributed by atoms with Crippen molar-refractivity contribution in [3.63, 3.8) is 0 Å². The van der Waals surface area contributed by atoms with Crippen LogP contribution in [0, 0.1) is 0 Å². The van der Waals surface area contributed by atoms with E-state index in [1.54, 1.807) is 13.0 Å². The monoisotopic (exact) mass is 258 g/mol. The fourth-order valence-corrected chi connectivity index (χ4v) is 2.11. The average Bonchev–Trinajstić information content (AvgIpc) is 2.83. The number of ether oxygens (including phenoxy) is 1. The van der Waals surface area contributed by atoms with Crippen LogP contribution in [0.1, 0.15) is 43.3 Å². The Morgan fingerprint density at radius 1 is 1.32 bits per heavy atom. The second kappa shape index (κ2) is 5.74. The quantitative estimate of drug-likeness (QED) is 0.762. The number of allylic oxidation sites excluding steroid dienone is 2. The van der Waals surface area contributed by atoms with Crippen LogP contribution in [0.5, 0.6) is 0 Å². The predicted octanol–water partition coefficient (Wildman–Crippen LogP) is 4.42. The van der Waals surface area contributed by atoms with Crippen molar-refractivity contribution in [1.82, 2.24) is 0 Å². The molecule has 100 valence electrons. The van der Waals surface area contributed by atoms with Crippen LogP contribution >= 0.6 is 0 Å². The van der Waals surface area contributed by atoms with Gasteiger partial charge in [0.2, 0.25) is 5.76 Å². The molecule has 3 heteroatoms. The van der Waals surface area contributed by atoms with Gasteiger partial charge in [-0.3, -0.25) is 0 Å². The van der Waals surface area contributed by atoms with Crippen molar-refractivity contribution in [3.05, 3.63) is 41.7 Å². The number of hydrogen-bond acceptors (Lipinski definition) is 3. The highest BCUT2D eigenvalue weighted by atomic mass is 16.5. The first kappa shape index (κ1) is 13.4. The summed E-state index contributed by atoms with van der Waals surface area (Å²) in [6.45, 7) is 6.26. The van der Waals surface area contributed by atoms with Crippen LogP contribution in [0.2, 0.25) is 0 Å². The van der Waals surface area contributed by atoms with Crippen LogP contribution < -0.4 is 0 Å². The minimum atomic E-state index is -0.415. The second-order valence-electron chi connectivity index (χ2n) is 4.25. The maximum Gasteiger partial charge on any atom is 0.374 e. The Balaban J connectivity index is 2.41. The highest BCUT2D eigenvalue weighted by Gasteiger charge is 2.13. The molecule has 0 radical (unpaired) electrons. The van der Waals surface area contributed by atoms with Crippen LogP contribution in [-0.4, -0.2) is 12.6 Å². The Labute approximate surface area is 112 Å². The van der Waals surface area contributed by atoms with Gasteiger partial charge in [-0.2, -0.15) is 0 Å². The van der Waals surface area contributed by atoms with Gasteiger partial charge in [-0.25, -0.2) is 4.79 Å². The molecule has 0 spiro atoms. The van der Waals surface area contributed by atoms with Crippen molar-refractivity contribution in [2.45, 2.75) is 27.2 Å². The number of esters is 1. The van der Waals surface area contributed by atoms with Crippen molar-refractivity contribution in [2.75, 3.05) is 6.61 Å². The summed E-state index contributed by atoms with van der Waals surface area (Å²) in [5.74, 6) is -0.158. The lowest BCUT2D eigenvalue weighted by atomic mass is 10.0. The molecule has 2 rings (SSSR count). The van der Waals surface area contributed by atoms with E-state index in [4.69, 9.17) is 9.15 Å². The summed E-state index contributed by atoms with van der Waals surface area (Å²) in [5.41, 5.74) is 3.10. The van der Waals surface area contributed by atoms with Crippen molar-refractivity contribution in [1.29, 1.82) is 0 Å². The lowest BCUT2D eigenvalue weighted by Gasteiger charge is -2.03. The fourth-order valence-electron chi connectivity index (χ4n) is 2.11. The molecule has 0 saturated heterocycles. The summed E-state index contributed by atoms with van der Waals surface area (Å²) in [7, 11) is 0. The van der Waals surface area contributed by atoms with Crippen molar-refractivity contribution in [2.24, 2.45) is 0 Å². The van der Waals surface area contributed by atoms with E-state index in [2.05, 4.69) is 13.0 Å². The van der Waals surface area contributed by atoms with E-state index in [1.807, 2.05) is 25.1 Å². The van der Waals surface area contributed by atoms with Crippen molar-refractivity contribution in [3.8, 4) is 0 Å². The summed E-state index contributed by atoms with van der Waals surface area (Å²) in [6, 6.07) is 7.71. The molecule has 3 nitrogen and oxygen atoms in total. The number of carbonyl (C=O) groups is 1. The van der Waals surface area contributed by atoms with E-state index < -0.39 is 5.97 Å². The maximum atomic E-state index is 11.6. The van der Waals surface area contributed by atoms with Gasteiger partial charge in [-0.15, -0.1) is 0 Å². The molecule has 2 aromatic rings. The number of carbonyl (C=O) groups excluding carboxylic acids is 1. The van der Waals surface area contributed by atoms with Crippen molar-refractivity contribution < 1.29 is 13.9 Å². The molecule has 0 atom stereocenters.